The van der Waals surface area contributed by atoms with E-state index in [2.05, 4.69) is 32.7 Å². The Morgan fingerprint density at radius 3 is 1.32 bits per heavy atom. The molecule has 2 aromatic heterocycles. The predicted molar refractivity (Wildman–Crippen MR) is 249 cm³/mol. The van der Waals surface area contributed by atoms with Crippen LogP contribution in [0.1, 0.15) is 22.3 Å². The molecule has 0 aliphatic carbocycles. The molecule has 0 saturated heterocycles. The summed E-state index contributed by atoms with van der Waals surface area (Å²) in [4.78, 5) is 10.8. The van der Waals surface area contributed by atoms with Gasteiger partial charge in [0, 0.05) is 43.8 Å². The number of halogens is 3. The van der Waals surface area contributed by atoms with Crippen molar-refractivity contribution in [1.29, 1.82) is 15.8 Å². The van der Waals surface area contributed by atoms with Crippen molar-refractivity contribution in [2.24, 2.45) is 0 Å². The van der Waals surface area contributed by atoms with Crippen LogP contribution in [0.3, 0.4) is 0 Å². The molecular formula is C55H25F3N8. The molecule has 0 spiro atoms. The van der Waals surface area contributed by atoms with Crippen molar-refractivity contribution in [2.75, 3.05) is 0 Å². The van der Waals surface area contributed by atoms with Crippen LogP contribution in [0.25, 0.3) is 103 Å². The maximum Gasteiger partial charge on any atom is 0.415 e. The number of alkyl halides is 3. The second-order valence-corrected chi connectivity index (χ2v) is 15.5. The third-order valence-electron chi connectivity index (χ3n) is 11.8. The van der Waals surface area contributed by atoms with Crippen LogP contribution in [0.4, 0.5) is 30.2 Å². The fraction of sp³-hybridized carbons (Fsp3) is 0.0182. The summed E-state index contributed by atoms with van der Waals surface area (Å²) in [6.07, 6.45) is -4.91. The molecule has 0 bridgehead atoms. The smallest absolute Gasteiger partial charge is 0.309 e. The van der Waals surface area contributed by atoms with Gasteiger partial charge in [-0.1, -0.05) is 66.7 Å². The Labute approximate surface area is 374 Å². The highest BCUT2D eigenvalue weighted by atomic mass is 19.4. The molecule has 0 atom stereocenters. The van der Waals surface area contributed by atoms with Crippen LogP contribution in [0, 0.1) is 53.7 Å². The van der Waals surface area contributed by atoms with Gasteiger partial charge in [-0.05, 0) is 107 Å². The molecule has 0 saturated carbocycles. The summed E-state index contributed by atoms with van der Waals surface area (Å²) in [5.41, 5.74) is 5.26. The minimum absolute atomic E-state index is 0.0539. The first-order valence-corrected chi connectivity index (χ1v) is 20.2. The zero-order chi connectivity index (χ0) is 45.9. The van der Waals surface area contributed by atoms with Crippen LogP contribution in [-0.4, -0.2) is 9.13 Å². The van der Waals surface area contributed by atoms with E-state index in [4.69, 9.17) is 19.7 Å². The average Bonchev–Trinajstić information content (AvgIpc) is 3.87. The Morgan fingerprint density at radius 1 is 0.424 bits per heavy atom. The van der Waals surface area contributed by atoms with Crippen LogP contribution >= 0.6 is 0 Å². The molecule has 0 amide bonds. The fourth-order valence-electron chi connectivity index (χ4n) is 9.06. The lowest BCUT2D eigenvalue weighted by Gasteiger charge is -2.24. The van der Waals surface area contributed by atoms with Gasteiger partial charge in [-0.3, -0.25) is 0 Å². The summed E-state index contributed by atoms with van der Waals surface area (Å²) < 4.78 is 50.3. The van der Waals surface area contributed by atoms with E-state index >= 15 is 13.2 Å². The van der Waals surface area contributed by atoms with Crippen LogP contribution in [0.2, 0.25) is 0 Å². The third-order valence-corrected chi connectivity index (χ3v) is 11.8. The van der Waals surface area contributed by atoms with Gasteiger partial charge >= 0.3 is 6.18 Å². The Bertz CT molecular complexity index is 3740. The summed E-state index contributed by atoms with van der Waals surface area (Å²) in [7, 11) is 0. The van der Waals surface area contributed by atoms with E-state index in [9.17, 15) is 15.8 Å². The molecule has 0 aliphatic heterocycles. The number of nitrogens with zero attached hydrogens (tertiary/aromatic N) is 8. The molecule has 306 valence electrons. The van der Waals surface area contributed by atoms with E-state index < -0.39 is 11.7 Å². The van der Waals surface area contributed by atoms with E-state index in [1.165, 1.54) is 24.3 Å². The second-order valence-electron chi connectivity index (χ2n) is 15.5. The first-order valence-electron chi connectivity index (χ1n) is 20.2. The van der Waals surface area contributed by atoms with Gasteiger partial charge in [-0.2, -0.15) is 29.0 Å². The van der Waals surface area contributed by atoms with Crippen molar-refractivity contribution in [3.05, 3.63) is 208 Å². The maximum absolute atomic E-state index is 15.5. The predicted octanol–water partition coefficient (Wildman–Crippen LogP) is 15.2. The van der Waals surface area contributed by atoms with Gasteiger partial charge in [0.15, 0.2) is 17.1 Å². The summed E-state index contributed by atoms with van der Waals surface area (Å²) in [5.74, 6) is 0. The van der Waals surface area contributed by atoms with Gasteiger partial charge in [0.05, 0.1) is 82.5 Å². The van der Waals surface area contributed by atoms with Gasteiger partial charge in [0.25, 0.3) is 0 Å². The second kappa shape index (κ2) is 15.5. The minimum atomic E-state index is -4.91. The number of hydrogen-bond acceptors (Lipinski definition) is 3. The van der Waals surface area contributed by atoms with Crippen molar-refractivity contribution in [2.45, 2.75) is 6.18 Å². The molecule has 0 radical (unpaired) electrons. The number of para-hydroxylation sites is 2. The molecule has 0 unspecified atom stereocenters. The molecule has 11 heteroatoms. The third kappa shape index (κ3) is 6.42. The molecule has 8 aromatic carbocycles. The minimum Gasteiger partial charge on any atom is -0.309 e. The van der Waals surface area contributed by atoms with Crippen LogP contribution in [0.15, 0.2) is 152 Å². The van der Waals surface area contributed by atoms with Crippen LogP contribution in [-0.2, 0) is 6.18 Å². The molecule has 10 aromatic rings. The maximum atomic E-state index is 15.5. The summed E-state index contributed by atoms with van der Waals surface area (Å²) >= 11 is 0. The van der Waals surface area contributed by atoms with Gasteiger partial charge in [-0.25, -0.2) is 14.5 Å². The zero-order valence-corrected chi connectivity index (χ0v) is 34.1. The van der Waals surface area contributed by atoms with Gasteiger partial charge in [0.1, 0.15) is 0 Å². The van der Waals surface area contributed by atoms with Gasteiger partial charge < -0.3 is 9.13 Å². The topological polar surface area (TPSA) is 94.3 Å². The molecule has 66 heavy (non-hydrogen) atoms. The van der Waals surface area contributed by atoms with E-state index in [1.54, 1.807) is 36.4 Å². The summed E-state index contributed by atoms with van der Waals surface area (Å²) in [6, 6.07) is 48.9. The summed E-state index contributed by atoms with van der Waals surface area (Å²) in [5, 5.41) is 33.2. The number of benzene rings is 8. The molecule has 8 nitrogen and oxygen atoms in total. The monoisotopic (exact) mass is 854 g/mol. The number of fused-ring (bicyclic) bond motifs is 6. The van der Waals surface area contributed by atoms with Crippen LogP contribution in [0.5, 0.6) is 0 Å². The SMILES string of the molecule is [C-]#[N+]c1cc(C#N)cc(-c2ccc3c(c2)c2ccccc2n3-c2cc(C#N)cc(-n3c4ccccc4c4cc(-c5cc(C#N)cc([N+]#[C-])c5)ccc43)c2-c2c([N+]#[C-])cccc2C(F)(F)F)c1. The van der Waals surface area contributed by atoms with Gasteiger partial charge in [0.2, 0.25) is 0 Å². The van der Waals surface area contributed by atoms with E-state index in [-0.39, 0.29) is 33.8 Å². The fourth-order valence-corrected chi connectivity index (χ4v) is 9.06. The van der Waals surface area contributed by atoms with Crippen molar-refractivity contribution < 1.29 is 13.2 Å². The average molecular weight is 855 g/mol. The first-order chi connectivity index (χ1) is 32.1. The molecule has 0 fully saturated rings. The first kappa shape index (κ1) is 40.2. The highest BCUT2D eigenvalue weighted by molar-refractivity contribution is 6.14. The molecule has 2 heterocycles. The van der Waals surface area contributed by atoms with E-state index in [0.29, 0.717) is 77.6 Å². The van der Waals surface area contributed by atoms with Gasteiger partial charge in [-0.15, -0.1) is 0 Å². The highest BCUT2D eigenvalue weighted by Gasteiger charge is 2.37. The lowest BCUT2D eigenvalue weighted by molar-refractivity contribution is -0.137. The number of rotatable bonds is 5. The zero-order valence-electron chi connectivity index (χ0n) is 34.1. The Hall–Kier alpha value is -9.91. The highest BCUT2D eigenvalue weighted by Crippen LogP contribution is 2.50. The van der Waals surface area contributed by atoms with Crippen molar-refractivity contribution in [3.63, 3.8) is 0 Å². The Balaban J connectivity index is 1.35. The Morgan fingerprint density at radius 2 is 0.879 bits per heavy atom. The Kier molecular flexibility index (Phi) is 9.41. The number of aromatic nitrogens is 2. The standard InChI is InChI=1S/C55H25F3N8/c1-62-39-21-32(29-59)19-37(25-39)35-15-17-49-43(27-35)41-9-4-6-13-47(41)65(49)51-23-34(31-61)24-52(54(51)53-45(55(56,57)58)11-8-12-46(53)64-3)66-48-14-7-5-10-42(48)44-28-36(16-18-50(44)66)38-20-33(30-60)22-40(26-38)63-2/h4-28H. The number of nitriles is 3. The van der Waals surface area contributed by atoms with Crippen molar-refractivity contribution in [1.82, 2.24) is 9.13 Å². The quantitative estimate of drug-likeness (QED) is 0.161. The molecule has 0 N–H and O–H groups in total. The lowest BCUT2D eigenvalue weighted by atomic mass is 9.92. The van der Waals surface area contributed by atoms with Crippen LogP contribution < -0.4 is 0 Å². The molecule has 0 aliphatic rings. The normalized spacial score (nSPS) is 11.2. The van der Waals surface area contributed by atoms with E-state index in [1.807, 2.05) is 94.1 Å². The van der Waals surface area contributed by atoms with Crippen molar-refractivity contribution in [3.8, 4) is 63.0 Å². The molecule has 10 rings (SSSR count). The number of hydrogen-bond donors (Lipinski definition) is 0. The van der Waals surface area contributed by atoms with E-state index in [0.717, 1.165) is 16.8 Å². The largest absolute Gasteiger partial charge is 0.415 e. The van der Waals surface area contributed by atoms with Crippen molar-refractivity contribution >= 4 is 60.7 Å². The summed E-state index contributed by atoms with van der Waals surface area (Å²) in [6.45, 7) is 23.5. The molecular weight excluding hydrogens is 830 g/mol. The lowest BCUT2D eigenvalue weighted by Crippen LogP contribution is -2.11.